The summed E-state index contributed by atoms with van der Waals surface area (Å²) in [6, 6.07) is 12.0. The first-order chi connectivity index (χ1) is 19.9. The number of benzene rings is 2. The molecule has 0 radical (unpaired) electrons. The molecular weight excluding hydrogens is 523 g/mol. The SMILES string of the molecule is Nc1cc(-c2cccc(-n3ccc4cc(C5CC5)cc(F)c4c3=O)c2CO)nc(Cc2cnn(C3(CO)CC3)c2)n1. The topological polar surface area (TPSA) is 132 Å². The molecule has 7 rings (SSSR count). The molecule has 0 atom stereocenters. The minimum absolute atomic E-state index is 0.0227. The van der Waals surface area contributed by atoms with Gasteiger partial charge in [0.05, 0.1) is 41.7 Å². The van der Waals surface area contributed by atoms with Crippen LogP contribution in [0, 0.1) is 5.82 Å². The van der Waals surface area contributed by atoms with Crippen LogP contribution < -0.4 is 11.3 Å². The summed E-state index contributed by atoms with van der Waals surface area (Å²) in [6.07, 6.45) is 9.48. The lowest BCUT2D eigenvalue weighted by atomic mass is 10.0. The summed E-state index contributed by atoms with van der Waals surface area (Å²) >= 11 is 0. The summed E-state index contributed by atoms with van der Waals surface area (Å²) < 4.78 is 18.3. The molecule has 3 aromatic heterocycles. The molecule has 2 fully saturated rings. The summed E-state index contributed by atoms with van der Waals surface area (Å²) in [5.74, 6) is 0.565. The number of rotatable bonds is 8. The Labute approximate surface area is 234 Å². The van der Waals surface area contributed by atoms with Crippen LogP contribution in [0.3, 0.4) is 0 Å². The summed E-state index contributed by atoms with van der Waals surface area (Å²) in [6.45, 7) is -0.337. The summed E-state index contributed by atoms with van der Waals surface area (Å²) in [4.78, 5) is 22.7. The second kappa shape index (κ2) is 9.60. The predicted molar refractivity (Wildman–Crippen MR) is 152 cm³/mol. The molecular formula is C31H29FN6O3. The molecule has 5 aromatic rings. The van der Waals surface area contributed by atoms with Crippen LogP contribution >= 0.6 is 0 Å². The number of fused-ring (bicyclic) bond motifs is 1. The van der Waals surface area contributed by atoms with E-state index in [4.69, 9.17) is 10.7 Å². The van der Waals surface area contributed by atoms with Crippen LogP contribution in [-0.4, -0.2) is 41.1 Å². The Balaban J connectivity index is 1.27. The van der Waals surface area contributed by atoms with Gasteiger partial charge in [-0.1, -0.05) is 18.2 Å². The first-order valence-corrected chi connectivity index (χ1v) is 13.8. The fourth-order valence-electron chi connectivity index (χ4n) is 5.63. The molecule has 2 saturated carbocycles. The fraction of sp³-hybridized carbons (Fsp3) is 0.290. The normalized spacial score (nSPS) is 15.9. The highest BCUT2D eigenvalue weighted by Crippen LogP contribution is 2.43. The van der Waals surface area contributed by atoms with Gasteiger partial charge in [0.15, 0.2) is 0 Å². The van der Waals surface area contributed by atoms with E-state index in [-0.39, 0.29) is 30.0 Å². The maximum absolute atomic E-state index is 15.2. The van der Waals surface area contributed by atoms with E-state index >= 15 is 4.39 Å². The van der Waals surface area contributed by atoms with Crippen molar-refractivity contribution in [2.24, 2.45) is 0 Å². The van der Waals surface area contributed by atoms with E-state index in [9.17, 15) is 15.0 Å². The Kier molecular flexibility index (Phi) is 5.98. The largest absolute Gasteiger partial charge is 0.394 e. The van der Waals surface area contributed by atoms with E-state index in [0.717, 1.165) is 36.8 Å². The average molecular weight is 553 g/mol. The number of hydrogen-bond donors (Lipinski definition) is 3. The lowest BCUT2D eigenvalue weighted by Gasteiger charge is -2.16. The fourth-order valence-corrected chi connectivity index (χ4v) is 5.63. The predicted octanol–water partition coefficient (Wildman–Crippen LogP) is 3.81. The van der Waals surface area contributed by atoms with E-state index in [1.54, 1.807) is 47.4 Å². The smallest absolute Gasteiger partial charge is 0.265 e. The zero-order chi connectivity index (χ0) is 28.3. The average Bonchev–Trinajstić information content (AvgIpc) is 3.90. The number of nitrogen functional groups attached to an aromatic ring is 1. The Morgan fingerprint density at radius 2 is 1.93 bits per heavy atom. The van der Waals surface area contributed by atoms with Gasteiger partial charge in [0.25, 0.3) is 5.56 Å². The minimum Gasteiger partial charge on any atom is -0.394 e. The minimum atomic E-state index is -0.534. The molecule has 0 spiro atoms. The molecule has 41 heavy (non-hydrogen) atoms. The first kappa shape index (κ1) is 25.6. The number of aliphatic hydroxyl groups is 2. The van der Waals surface area contributed by atoms with Crippen LogP contribution in [0.1, 0.15) is 54.1 Å². The van der Waals surface area contributed by atoms with Gasteiger partial charge in [-0.2, -0.15) is 5.10 Å². The molecule has 0 amide bonds. The number of nitrogens with two attached hydrogens (primary N) is 1. The van der Waals surface area contributed by atoms with Crippen LogP contribution in [-0.2, 0) is 18.6 Å². The van der Waals surface area contributed by atoms with Crippen molar-refractivity contribution in [1.82, 2.24) is 24.3 Å². The van der Waals surface area contributed by atoms with Crippen molar-refractivity contribution in [3.05, 3.63) is 99.7 Å². The molecule has 0 saturated heterocycles. The summed E-state index contributed by atoms with van der Waals surface area (Å²) in [5, 5.41) is 25.2. The Morgan fingerprint density at radius 1 is 1.10 bits per heavy atom. The molecule has 3 heterocycles. The van der Waals surface area contributed by atoms with Gasteiger partial charge in [0.1, 0.15) is 17.5 Å². The summed E-state index contributed by atoms with van der Waals surface area (Å²) in [5.41, 5.74) is 9.15. The number of anilines is 1. The molecule has 2 aliphatic rings. The molecule has 10 heteroatoms. The van der Waals surface area contributed by atoms with Crippen LogP contribution in [0.5, 0.6) is 0 Å². The number of pyridine rings is 1. The van der Waals surface area contributed by atoms with E-state index < -0.39 is 11.4 Å². The third kappa shape index (κ3) is 4.49. The highest BCUT2D eigenvalue weighted by atomic mass is 19.1. The molecule has 2 aliphatic carbocycles. The maximum Gasteiger partial charge on any atom is 0.265 e. The number of halogens is 1. The van der Waals surface area contributed by atoms with Crippen molar-refractivity contribution in [2.75, 3.05) is 12.3 Å². The van der Waals surface area contributed by atoms with Gasteiger partial charge >= 0.3 is 0 Å². The van der Waals surface area contributed by atoms with E-state index in [1.165, 1.54) is 10.6 Å². The zero-order valence-corrected chi connectivity index (χ0v) is 22.3. The van der Waals surface area contributed by atoms with Crippen LogP contribution in [0.4, 0.5) is 10.2 Å². The van der Waals surface area contributed by atoms with Gasteiger partial charge in [0, 0.05) is 36.0 Å². The molecule has 0 aliphatic heterocycles. The number of aliphatic hydroxyl groups excluding tert-OH is 2. The van der Waals surface area contributed by atoms with Gasteiger partial charge in [0.2, 0.25) is 0 Å². The van der Waals surface area contributed by atoms with E-state index in [0.29, 0.717) is 46.1 Å². The molecule has 9 nitrogen and oxygen atoms in total. The standard InChI is InChI=1S/C31H29FN6O3/c32-24-12-21(19-4-5-19)11-20-6-9-37(30(41)29(20)24)26-3-1-2-22(23(26)16-39)25-13-27(33)36-28(35-25)10-18-14-34-38(15-18)31(17-40)7-8-31/h1-3,6,9,11-15,19,39-40H,4-5,7-8,10,16-17H2,(H2,33,35,36). The van der Waals surface area contributed by atoms with Crippen molar-refractivity contribution in [3.63, 3.8) is 0 Å². The van der Waals surface area contributed by atoms with Crippen LogP contribution in [0.2, 0.25) is 0 Å². The highest BCUT2D eigenvalue weighted by Gasteiger charge is 2.44. The second-order valence-corrected chi connectivity index (χ2v) is 11.1. The molecule has 208 valence electrons. The van der Waals surface area contributed by atoms with Crippen LogP contribution in [0.25, 0.3) is 27.7 Å². The van der Waals surface area contributed by atoms with E-state index in [1.807, 2.05) is 12.3 Å². The third-order valence-electron chi connectivity index (χ3n) is 8.27. The van der Waals surface area contributed by atoms with Crippen molar-refractivity contribution in [3.8, 4) is 16.9 Å². The molecule has 0 bridgehead atoms. The number of aromatic nitrogens is 5. The lowest BCUT2D eigenvalue weighted by molar-refractivity contribution is 0.202. The molecule has 2 aromatic carbocycles. The van der Waals surface area contributed by atoms with Crippen molar-refractivity contribution >= 4 is 16.6 Å². The zero-order valence-electron chi connectivity index (χ0n) is 22.3. The third-order valence-corrected chi connectivity index (χ3v) is 8.27. The van der Waals surface area contributed by atoms with Crippen molar-refractivity contribution < 1.29 is 14.6 Å². The monoisotopic (exact) mass is 552 g/mol. The van der Waals surface area contributed by atoms with E-state index in [2.05, 4.69) is 10.1 Å². The molecule has 0 unspecified atom stereocenters. The Morgan fingerprint density at radius 3 is 2.66 bits per heavy atom. The van der Waals surface area contributed by atoms with Gasteiger partial charge < -0.3 is 15.9 Å². The lowest BCUT2D eigenvalue weighted by Crippen LogP contribution is -2.21. The number of nitrogens with zero attached hydrogens (tertiary/aromatic N) is 5. The van der Waals surface area contributed by atoms with Gasteiger partial charge in [-0.3, -0.25) is 14.0 Å². The number of hydrogen-bond acceptors (Lipinski definition) is 7. The van der Waals surface area contributed by atoms with Gasteiger partial charge in [-0.05, 0) is 66.3 Å². The van der Waals surface area contributed by atoms with Crippen LogP contribution in [0.15, 0.2) is 65.8 Å². The first-order valence-electron chi connectivity index (χ1n) is 13.8. The Bertz CT molecular complexity index is 1870. The van der Waals surface area contributed by atoms with Gasteiger partial charge in [-0.25, -0.2) is 14.4 Å². The van der Waals surface area contributed by atoms with Crippen molar-refractivity contribution in [1.29, 1.82) is 0 Å². The summed E-state index contributed by atoms with van der Waals surface area (Å²) in [7, 11) is 0. The second-order valence-electron chi connectivity index (χ2n) is 11.1. The van der Waals surface area contributed by atoms with Crippen molar-refractivity contribution in [2.45, 2.75) is 50.2 Å². The quantitative estimate of drug-likeness (QED) is 0.267. The van der Waals surface area contributed by atoms with Gasteiger partial charge in [-0.15, -0.1) is 0 Å². The maximum atomic E-state index is 15.2. The molecule has 4 N–H and O–H groups in total. The Hall–Kier alpha value is -4.41. The highest BCUT2D eigenvalue weighted by molar-refractivity contribution is 5.83.